The minimum Gasteiger partial charge on any atom is -0.485 e. The second-order valence-electron chi connectivity index (χ2n) is 7.00. The van der Waals surface area contributed by atoms with Crippen LogP contribution in [0.2, 0.25) is 0 Å². The lowest BCUT2D eigenvalue weighted by molar-refractivity contribution is 0.0343. The summed E-state index contributed by atoms with van der Waals surface area (Å²) in [7, 11) is 0. The van der Waals surface area contributed by atoms with Gasteiger partial charge in [0.05, 0.1) is 18.9 Å². The number of nitrogens with zero attached hydrogens (tertiary/aromatic N) is 4. The van der Waals surface area contributed by atoms with E-state index < -0.39 is 0 Å². The smallest absolute Gasteiger partial charge is 0.146 e. The Morgan fingerprint density at radius 1 is 1.04 bits per heavy atom. The second kappa shape index (κ2) is 7.58. The number of fused-ring (bicyclic) bond motifs is 2. The fourth-order valence-corrected chi connectivity index (χ4v) is 3.67. The zero-order chi connectivity index (χ0) is 18.8. The molecule has 0 saturated carbocycles. The zero-order valence-corrected chi connectivity index (χ0v) is 15.6. The van der Waals surface area contributed by atoms with Gasteiger partial charge in [-0.15, -0.1) is 0 Å². The molecule has 6 nitrogen and oxygen atoms in total. The van der Waals surface area contributed by atoms with Crippen LogP contribution in [0, 0.1) is 0 Å². The molecule has 5 rings (SSSR count). The van der Waals surface area contributed by atoms with Gasteiger partial charge in [-0.2, -0.15) is 0 Å². The van der Waals surface area contributed by atoms with Crippen molar-refractivity contribution in [1.29, 1.82) is 0 Å². The van der Waals surface area contributed by atoms with Crippen molar-refractivity contribution >= 4 is 16.6 Å². The van der Waals surface area contributed by atoms with E-state index in [0.717, 1.165) is 60.8 Å². The highest BCUT2D eigenvalue weighted by molar-refractivity contribution is 5.87. The molecular formula is C22H22N4O2. The Balaban J connectivity index is 1.39. The number of hydrogen-bond acceptors (Lipinski definition) is 5. The topological polar surface area (TPSA) is 51.9 Å². The summed E-state index contributed by atoms with van der Waals surface area (Å²) in [5.41, 5.74) is 3.99. The summed E-state index contributed by atoms with van der Waals surface area (Å²) in [6.45, 7) is 4.85. The molecule has 4 aromatic rings. The number of benzene rings is 1. The SMILES string of the molecule is c1cnc2c(OCc3cn4ccccc4n3)ccc(CN3CCOCC3)c2c1. The van der Waals surface area contributed by atoms with Crippen LogP contribution in [-0.2, 0) is 17.9 Å². The van der Waals surface area contributed by atoms with Crippen LogP contribution in [0.3, 0.4) is 0 Å². The molecule has 0 atom stereocenters. The van der Waals surface area contributed by atoms with Crippen molar-refractivity contribution in [1.82, 2.24) is 19.3 Å². The van der Waals surface area contributed by atoms with Gasteiger partial charge in [0.15, 0.2) is 0 Å². The first-order valence-electron chi connectivity index (χ1n) is 9.59. The lowest BCUT2D eigenvalue weighted by atomic mass is 10.1. The fraction of sp³-hybridized carbons (Fsp3) is 0.273. The van der Waals surface area contributed by atoms with Crippen molar-refractivity contribution in [2.75, 3.05) is 26.3 Å². The average Bonchev–Trinajstić information content (AvgIpc) is 3.17. The van der Waals surface area contributed by atoms with Crippen LogP contribution in [0.5, 0.6) is 5.75 Å². The summed E-state index contributed by atoms with van der Waals surface area (Å²) in [6.07, 6.45) is 5.81. The first-order chi connectivity index (χ1) is 13.9. The van der Waals surface area contributed by atoms with E-state index in [-0.39, 0.29) is 0 Å². The van der Waals surface area contributed by atoms with Crippen molar-refractivity contribution in [3.8, 4) is 5.75 Å². The van der Waals surface area contributed by atoms with Crippen molar-refractivity contribution in [2.45, 2.75) is 13.2 Å². The summed E-state index contributed by atoms with van der Waals surface area (Å²) in [6, 6.07) is 14.2. The second-order valence-corrected chi connectivity index (χ2v) is 7.00. The van der Waals surface area contributed by atoms with Crippen LogP contribution in [0.15, 0.2) is 61.1 Å². The van der Waals surface area contributed by atoms with Crippen LogP contribution in [-0.4, -0.2) is 45.6 Å². The van der Waals surface area contributed by atoms with Crippen molar-refractivity contribution in [3.63, 3.8) is 0 Å². The van der Waals surface area contributed by atoms with Crippen LogP contribution in [0.1, 0.15) is 11.3 Å². The molecule has 0 bridgehead atoms. The first-order valence-corrected chi connectivity index (χ1v) is 9.59. The van der Waals surface area contributed by atoms with Crippen molar-refractivity contribution in [2.24, 2.45) is 0 Å². The molecule has 0 radical (unpaired) electrons. The molecule has 28 heavy (non-hydrogen) atoms. The Morgan fingerprint density at radius 2 is 1.96 bits per heavy atom. The molecule has 0 N–H and O–H groups in total. The molecular weight excluding hydrogens is 352 g/mol. The van der Waals surface area contributed by atoms with Gasteiger partial charge < -0.3 is 13.9 Å². The van der Waals surface area contributed by atoms with Gasteiger partial charge in [-0.25, -0.2) is 4.98 Å². The third kappa shape index (κ3) is 3.44. The van der Waals surface area contributed by atoms with Gasteiger partial charge in [0.25, 0.3) is 0 Å². The standard InChI is InChI=1S/C22H22N4O2/c1-2-9-26-15-18(24-21(26)5-1)16-28-20-7-6-17(14-25-10-12-27-13-11-25)19-4-3-8-23-22(19)20/h1-9,15H,10-14,16H2. The summed E-state index contributed by atoms with van der Waals surface area (Å²) in [5, 5.41) is 1.14. The number of hydrogen-bond donors (Lipinski definition) is 0. The molecule has 3 aromatic heterocycles. The third-order valence-electron chi connectivity index (χ3n) is 5.11. The zero-order valence-electron chi connectivity index (χ0n) is 15.6. The quantitative estimate of drug-likeness (QED) is 0.537. The van der Waals surface area contributed by atoms with Gasteiger partial charge in [0.1, 0.15) is 23.5 Å². The van der Waals surface area contributed by atoms with E-state index in [0.29, 0.717) is 6.61 Å². The molecule has 6 heteroatoms. The molecule has 1 aliphatic rings. The third-order valence-corrected chi connectivity index (χ3v) is 5.11. The Hall–Kier alpha value is -2.96. The summed E-state index contributed by atoms with van der Waals surface area (Å²) in [4.78, 5) is 11.6. The number of morpholine rings is 1. The highest BCUT2D eigenvalue weighted by Gasteiger charge is 2.14. The number of ether oxygens (including phenoxy) is 2. The van der Waals surface area contributed by atoms with Gasteiger partial charge in [-0.3, -0.25) is 9.88 Å². The molecule has 0 aliphatic carbocycles. The molecule has 142 valence electrons. The van der Waals surface area contributed by atoms with Crippen molar-refractivity contribution < 1.29 is 9.47 Å². The van der Waals surface area contributed by atoms with Gasteiger partial charge in [-0.1, -0.05) is 18.2 Å². The molecule has 1 aromatic carbocycles. The molecule has 0 amide bonds. The van der Waals surface area contributed by atoms with Crippen molar-refractivity contribution in [3.05, 3.63) is 72.3 Å². The van der Waals surface area contributed by atoms with Crippen LogP contribution >= 0.6 is 0 Å². The van der Waals surface area contributed by atoms with E-state index in [2.05, 4.69) is 27.0 Å². The molecule has 1 fully saturated rings. The van der Waals surface area contributed by atoms with E-state index in [1.165, 1.54) is 5.56 Å². The maximum absolute atomic E-state index is 6.11. The predicted octanol–water partition coefficient (Wildman–Crippen LogP) is 3.29. The van der Waals surface area contributed by atoms with E-state index in [9.17, 15) is 0 Å². The maximum atomic E-state index is 6.11. The highest BCUT2D eigenvalue weighted by Crippen LogP contribution is 2.28. The van der Waals surface area contributed by atoms with Gasteiger partial charge in [-0.05, 0) is 29.8 Å². The minimum absolute atomic E-state index is 0.413. The first kappa shape index (κ1) is 17.2. The summed E-state index contributed by atoms with van der Waals surface area (Å²) >= 11 is 0. The fourth-order valence-electron chi connectivity index (χ4n) is 3.67. The highest BCUT2D eigenvalue weighted by atomic mass is 16.5. The van der Waals surface area contributed by atoms with E-state index in [1.807, 2.05) is 53.3 Å². The van der Waals surface area contributed by atoms with Gasteiger partial charge in [0.2, 0.25) is 0 Å². The number of aromatic nitrogens is 3. The molecule has 1 saturated heterocycles. The molecule has 0 unspecified atom stereocenters. The monoisotopic (exact) mass is 374 g/mol. The summed E-state index contributed by atoms with van der Waals surface area (Å²) < 4.78 is 13.6. The summed E-state index contributed by atoms with van der Waals surface area (Å²) in [5.74, 6) is 0.790. The van der Waals surface area contributed by atoms with Crippen LogP contribution in [0.25, 0.3) is 16.6 Å². The normalized spacial score (nSPS) is 15.3. The Kier molecular flexibility index (Phi) is 4.64. The molecule has 4 heterocycles. The number of imidazole rings is 1. The van der Waals surface area contributed by atoms with Crippen LogP contribution in [0.4, 0.5) is 0 Å². The lowest BCUT2D eigenvalue weighted by Gasteiger charge is -2.27. The predicted molar refractivity (Wildman–Crippen MR) is 107 cm³/mol. The van der Waals surface area contributed by atoms with E-state index in [1.54, 1.807) is 0 Å². The van der Waals surface area contributed by atoms with Gasteiger partial charge in [0, 0.05) is 43.6 Å². The molecule has 0 spiro atoms. The van der Waals surface area contributed by atoms with E-state index >= 15 is 0 Å². The van der Waals surface area contributed by atoms with E-state index in [4.69, 9.17) is 9.47 Å². The number of rotatable bonds is 5. The lowest BCUT2D eigenvalue weighted by Crippen LogP contribution is -2.35. The van der Waals surface area contributed by atoms with Gasteiger partial charge >= 0.3 is 0 Å². The maximum Gasteiger partial charge on any atom is 0.146 e. The molecule has 1 aliphatic heterocycles. The van der Waals surface area contributed by atoms with Crippen LogP contribution < -0.4 is 4.74 Å². The average molecular weight is 374 g/mol. The number of pyridine rings is 2. The Morgan fingerprint density at radius 3 is 2.86 bits per heavy atom. The Labute approximate surface area is 163 Å². The Bertz CT molecular complexity index is 1070. The minimum atomic E-state index is 0.413. The largest absolute Gasteiger partial charge is 0.485 e.